The van der Waals surface area contributed by atoms with Gasteiger partial charge in [0, 0.05) is 5.75 Å². The van der Waals surface area contributed by atoms with Crippen molar-refractivity contribution in [3.8, 4) is 0 Å². The summed E-state index contributed by atoms with van der Waals surface area (Å²) in [5, 5.41) is 0. The van der Waals surface area contributed by atoms with Crippen LogP contribution in [0, 0.1) is 0 Å². The van der Waals surface area contributed by atoms with Gasteiger partial charge in [-0.2, -0.15) is 0 Å². The Morgan fingerprint density at radius 2 is 2.09 bits per heavy atom. The summed E-state index contributed by atoms with van der Waals surface area (Å²) < 4.78 is 10.6. The number of amides is 1. The van der Waals surface area contributed by atoms with Crippen molar-refractivity contribution in [2.75, 3.05) is 24.8 Å². The van der Waals surface area contributed by atoms with Gasteiger partial charge in [-0.05, 0) is 12.0 Å². The monoisotopic (exact) mass is 323 g/mol. The predicted octanol–water partition coefficient (Wildman–Crippen LogP) is 2.06. The average Bonchev–Trinajstić information content (AvgIpc) is 3.03. The summed E-state index contributed by atoms with van der Waals surface area (Å²) in [4.78, 5) is 25.7. The summed E-state index contributed by atoms with van der Waals surface area (Å²) in [6.07, 6.45) is 0.778. The molecule has 0 aliphatic carbocycles. The summed E-state index contributed by atoms with van der Waals surface area (Å²) in [5.74, 6) is 0.620. The molecule has 0 radical (unpaired) electrons. The third-order valence-corrected chi connectivity index (χ3v) is 4.27. The molecule has 120 valence electrons. The molecule has 0 N–H and O–H groups in total. The molecule has 6 heteroatoms. The van der Waals surface area contributed by atoms with Gasteiger partial charge in [0.15, 0.2) is 0 Å². The van der Waals surface area contributed by atoms with Gasteiger partial charge in [0.2, 0.25) is 5.91 Å². The van der Waals surface area contributed by atoms with E-state index in [4.69, 9.17) is 9.47 Å². The van der Waals surface area contributed by atoms with E-state index >= 15 is 0 Å². The summed E-state index contributed by atoms with van der Waals surface area (Å²) in [6.45, 7) is 2.70. The first-order valence-electron chi connectivity index (χ1n) is 7.38. The number of ether oxygens (including phenoxy) is 2. The lowest BCUT2D eigenvalue weighted by molar-refractivity contribution is -0.154. The fraction of sp³-hybridized carbons (Fsp3) is 0.500. The Morgan fingerprint density at radius 3 is 2.82 bits per heavy atom. The van der Waals surface area contributed by atoms with E-state index in [1.165, 1.54) is 0 Å². The van der Waals surface area contributed by atoms with Crippen molar-refractivity contribution in [3.05, 3.63) is 35.9 Å². The van der Waals surface area contributed by atoms with Gasteiger partial charge < -0.3 is 14.4 Å². The highest BCUT2D eigenvalue weighted by Crippen LogP contribution is 2.22. The fourth-order valence-electron chi connectivity index (χ4n) is 2.10. The lowest BCUT2D eigenvalue weighted by Gasteiger charge is -2.22. The molecule has 5 nitrogen and oxygen atoms in total. The molecule has 1 aromatic carbocycles. The van der Waals surface area contributed by atoms with E-state index in [0.29, 0.717) is 24.8 Å². The molecule has 1 aliphatic rings. The SMILES string of the molecule is CCCOC(=O)C1CSCN1C(=O)COCc1ccccc1. The molecular formula is C16H21NO4S. The van der Waals surface area contributed by atoms with Crippen LogP contribution in [0.5, 0.6) is 0 Å². The number of thioether (sulfide) groups is 1. The third kappa shape index (κ3) is 4.74. The second-order valence-electron chi connectivity index (χ2n) is 5.03. The molecule has 1 fully saturated rings. The summed E-state index contributed by atoms with van der Waals surface area (Å²) in [6, 6.07) is 9.20. The van der Waals surface area contributed by atoms with E-state index in [-0.39, 0.29) is 18.5 Å². The molecule has 1 amide bonds. The molecule has 2 rings (SSSR count). The first kappa shape index (κ1) is 16.8. The van der Waals surface area contributed by atoms with Crippen molar-refractivity contribution in [1.29, 1.82) is 0 Å². The summed E-state index contributed by atoms with van der Waals surface area (Å²) in [5.41, 5.74) is 1.02. The third-order valence-electron chi connectivity index (χ3n) is 3.26. The van der Waals surface area contributed by atoms with Gasteiger partial charge in [-0.3, -0.25) is 4.79 Å². The predicted molar refractivity (Wildman–Crippen MR) is 85.3 cm³/mol. The Morgan fingerprint density at radius 1 is 1.32 bits per heavy atom. The average molecular weight is 323 g/mol. The topological polar surface area (TPSA) is 55.8 Å². The molecule has 22 heavy (non-hydrogen) atoms. The number of rotatable bonds is 7. The van der Waals surface area contributed by atoms with E-state index in [9.17, 15) is 9.59 Å². The lowest BCUT2D eigenvalue weighted by atomic mass is 10.2. The second-order valence-corrected chi connectivity index (χ2v) is 6.02. The van der Waals surface area contributed by atoms with Crippen molar-refractivity contribution in [1.82, 2.24) is 4.90 Å². The van der Waals surface area contributed by atoms with Crippen molar-refractivity contribution in [2.45, 2.75) is 26.0 Å². The van der Waals surface area contributed by atoms with E-state index in [1.54, 1.807) is 16.7 Å². The Kier molecular flexibility index (Phi) is 6.74. The minimum absolute atomic E-state index is 0.0208. The molecule has 0 aromatic heterocycles. The zero-order valence-corrected chi connectivity index (χ0v) is 13.5. The number of hydrogen-bond donors (Lipinski definition) is 0. The number of nitrogens with zero attached hydrogens (tertiary/aromatic N) is 1. The van der Waals surface area contributed by atoms with Crippen LogP contribution in [0.4, 0.5) is 0 Å². The van der Waals surface area contributed by atoms with Gasteiger partial charge >= 0.3 is 5.97 Å². The molecule has 1 unspecified atom stereocenters. The normalized spacial score (nSPS) is 17.5. The van der Waals surface area contributed by atoms with Gasteiger partial charge in [0.1, 0.15) is 12.6 Å². The maximum atomic E-state index is 12.2. The van der Waals surface area contributed by atoms with Crippen molar-refractivity contribution >= 4 is 23.6 Å². The van der Waals surface area contributed by atoms with Crippen LogP contribution in [0.15, 0.2) is 30.3 Å². The standard InChI is InChI=1S/C16H21NO4S/c1-2-8-21-16(19)14-11-22-12-17(14)15(18)10-20-9-13-6-4-3-5-7-13/h3-7,14H,2,8-12H2,1H3. The maximum absolute atomic E-state index is 12.2. The second kappa shape index (κ2) is 8.80. The van der Waals surface area contributed by atoms with Crippen LogP contribution in [0.2, 0.25) is 0 Å². The molecule has 1 aliphatic heterocycles. The van der Waals surface area contributed by atoms with E-state index in [1.807, 2.05) is 37.3 Å². The first-order valence-corrected chi connectivity index (χ1v) is 8.53. The number of hydrogen-bond acceptors (Lipinski definition) is 5. The lowest BCUT2D eigenvalue weighted by Crippen LogP contribution is -2.44. The minimum atomic E-state index is -0.482. The summed E-state index contributed by atoms with van der Waals surface area (Å²) in [7, 11) is 0. The number of carbonyl (C=O) groups excluding carboxylic acids is 2. The van der Waals surface area contributed by atoms with Gasteiger partial charge in [0.05, 0.1) is 19.1 Å². The van der Waals surface area contributed by atoms with Gasteiger partial charge in [-0.1, -0.05) is 37.3 Å². The number of esters is 1. The van der Waals surface area contributed by atoms with Crippen LogP contribution < -0.4 is 0 Å². The highest BCUT2D eigenvalue weighted by atomic mass is 32.2. The number of carbonyl (C=O) groups is 2. The Bertz CT molecular complexity index is 494. The van der Waals surface area contributed by atoms with Gasteiger partial charge in [-0.25, -0.2) is 4.79 Å². The Balaban J connectivity index is 1.79. The highest BCUT2D eigenvalue weighted by Gasteiger charge is 2.35. The summed E-state index contributed by atoms with van der Waals surface area (Å²) >= 11 is 1.56. The molecule has 1 aromatic rings. The van der Waals surface area contributed by atoms with Crippen LogP contribution in [-0.2, 0) is 25.7 Å². The van der Waals surface area contributed by atoms with Crippen LogP contribution in [-0.4, -0.2) is 47.7 Å². The van der Waals surface area contributed by atoms with Crippen molar-refractivity contribution < 1.29 is 19.1 Å². The molecule has 0 bridgehead atoms. The molecule has 1 atom stereocenters. The quantitative estimate of drug-likeness (QED) is 0.719. The molecular weight excluding hydrogens is 302 g/mol. The van der Waals surface area contributed by atoms with Crippen molar-refractivity contribution in [3.63, 3.8) is 0 Å². The fourth-order valence-corrected chi connectivity index (χ4v) is 3.26. The largest absolute Gasteiger partial charge is 0.464 e. The molecule has 1 heterocycles. The highest BCUT2D eigenvalue weighted by molar-refractivity contribution is 7.99. The van der Waals surface area contributed by atoms with Crippen LogP contribution in [0.3, 0.4) is 0 Å². The first-order chi connectivity index (χ1) is 10.7. The van der Waals surface area contributed by atoms with E-state index in [0.717, 1.165) is 12.0 Å². The smallest absolute Gasteiger partial charge is 0.329 e. The van der Waals surface area contributed by atoms with E-state index < -0.39 is 6.04 Å². The molecule has 1 saturated heterocycles. The molecule has 0 spiro atoms. The minimum Gasteiger partial charge on any atom is -0.464 e. The van der Waals surface area contributed by atoms with Gasteiger partial charge in [-0.15, -0.1) is 11.8 Å². The zero-order chi connectivity index (χ0) is 15.8. The zero-order valence-electron chi connectivity index (χ0n) is 12.7. The van der Waals surface area contributed by atoms with Crippen LogP contribution in [0.25, 0.3) is 0 Å². The molecule has 0 saturated carbocycles. The van der Waals surface area contributed by atoms with Crippen LogP contribution in [0.1, 0.15) is 18.9 Å². The van der Waals surface area contributed by atoms with Gasteiger partial charge in [0.25, 0.3) is 0 Å². The van der Waals surface area contributed by atoms with E-state index in [2.05, 4.69) is 0 Å². The van der Waals surface area contributed by atoms with Crippen LogP contribution >= 0.6 is 11.8 Å². The van der Waals surface area contributed by atoms with Crippen molar-refractivity contribution in [2.24, 2.45) is 0 Å². The Hall–Kier alpha value is -1.53. The Labute approximate surface area is 135 Å². The number of benzene rings is 1. The maximum Gasteiger partial charge on any atom is 0.329 e.